The molecule has 1 amide bonds. The minimum Gasteiger partial charge on any atom is -0.334 e. The molecule has 5 heteroatoms. The topological polar surface area (TPSA) is 32.3 Å². The molecule has 0 aromatic carbocycles. The molecule has 0 spiro atoms. The maximum Gasteiger partial charge on any atom is 0.235 e. The zero-order chi connectivity index (χ0) is 13.0. The van der Waals surface area contributed by atoms with Gasteiger partial charge in [0.1, 0.15) is 0 Å². The van der Waals surface area contributed by atoms with Crippen LogP contribution in [0.4, 0.5) is 0 Å². The molecule has 1 N–H and O–H groups in total. The number of unbranched alkanes of at least 4 members (excludes halogenated alkanes) is 1. The van der Waals surface area contributed by atoms with Crippen molar-refractivity contribution >= 4 is 30.1 Å². The van der Waals surface area contributed by atoms with Crippen LogP contribution in [0.25, 0.3) is 0 Å². The van der Waals surface area contributed by atoms with Gasteiger partial charge in [-0.15, -0.1) is 24.2 Å². The van der Waals surface area contributed by atoms with Crippen LogP contribution >= 0.6 is 24.2 Å². The second-order valence-electron chi connectivity index (χ2n) is 5.49. The number of fused-ring (bicyclic) bond motifs is 2. The second kappa shape index (κ2) is 8.38. The normalized spacial score (nSPS) is 27.6. The Kier molecular flexibility index (Phi) is 7.55. The molecule has 3 unspecified atom stereocenters. The highest BCUT2D eigenvalue weighted by molar-refractivity contribution is 8.00. The molecular formula is C14H27ClN2OS. The van der Waals surface area contributed by atoms with Crippen LogP contribution in [0.1, 0.15) is 46.0 Å². The Bertz CT molecular complexity index is 277. The summed E-state index contributed by atoms with van der Waals surface area (Å²) in [6.07, 6.45) is 5.97. The van der Waals surface area contributed by atoms with Crippen molar-refractivity contribution in [2.24, 2.45) is 0 Å². The Labute approximate surface area is 127 Å². The Balaban J connectivity index is 0.00000180. The van der Waals surface area contributed by atoms with E-state index >= 15 is 0 Å². The van der Waals surface area contributed by atoms with Crippen LogP contribution in [0.3, 0.4) is 0 Å². The van der Waals surface area contributed by atoms with Gasteiger partial charge in [-0.2, -0.15) is 0 Å². The molecule has 19 heavy (non-hydrogen) atoms. The molecule has 2 heterocycles. The van der Waals surface area contributed by atoms with Crippen LogP contribution < -0.4 is 5.32 Å². The van der Waals surface area contributed by atoms with Crippen molar-refractivity contribution in [3.63, 3.8) is 0 Å². The zero-order valence-corrected chi connectivity index (χ0v) is 13.7. The predicted molar refractivity (Wildman–Crippen MR) is 85.2 cm³/mol. The Hall–Kier alpha value is 0.0700. The molecule has 3 atom stereocenters. The van der Waals surface area contributed by atoms with E-state index in [1.165, 1.54) is 25.7 Å². The van der Waals surface area contributed by atoms with Crippen LogP contribution in [0.5, 0.6) is 0 Å². The lowest BCUT2D eigenvalue weighted by atomic mass is 10.1. The van der Waals surface area contributed by atoms with Gasteiger partial charge in [0, 0.05) is 18.6 Å². The molecule has 3 nitrogen and oxygen atoms in total. The monoisotopic (exact) mass is 306 g/mol. The smallest absolute Gasteiger partial charge is 0.235 e. The van der Waals surface area contributed by atoms with Crippen molar-refractivity contribution in [3.05, 3.63) is 0 Å². The van der Waals surface area contributed by atoms with Crippen LogP contribution in [-0.4, -0.2) is 47.0 Å². The fourth-order valence-corrected chi connectivity index (χ4v) is 4.10. The van der Waals surface area contributed by atoms with E-state index in [2.05, 4.69) is 24.1 Å². The number of hydrogen-bond acceptors (Lipinski definition) is 3. The van der Waals surface area contributed by atoms with Crippen molar-refractivity contribution in [2.75, 3.05) is 18.8 Å². The summed E-state index contributed by atoms with van der Waals surface area (Å²) in [6, 6.07) is 0.964. The summed E-state index contributed by atoms with van der Waals surface area (Å²) in [6.45, 7) is 6.35. The average molecular weight is 307 g/mol. The van der Waals surface area contributed by atoms with Gasteiger partial charge in [0.25, 0.3) is 0 Å². The summed E-state index contributed by atoms with van der Waals surface area (Å²) in [5, 5.41) is 3.59. The van der Waals surface area contributed by atoms with Gasteiger partial charge in [-0.05, 0) is 44.9 Å². The molecule has 2 bridgehead atoms. The standard InChI is InChI=1S/C14H26N2OS.ClH/c1-3-4-9-18-11(2)14(17)16-12-5-6-13(16)10-15-8-7-12;/h11-13,15H,3-10H2,1-2H3;1H. The van der Waals surface area contributed by atoms with Gasteiger partial charge in [-0.1, -0.05) is 13.3 Å². The molecular weight excluding hydrogens is 280 g/mol. The first kappa shape index (κ1) is 17.1. The first-order valence-corrected chi connectivity index (χ1v) is 8.43. The second-order valence-corrected chi connectivity index (χ2v) is 6.94. The van der Waals surface area contributed by atoms with E-state index in [0.717, 1.165) is 25.3 Å². The summed E-state index contributed by atoms with van der Waals surface area (Å²) in [5.74, 6) is 1.50. The summed E-state index contributed by atoms with van der Waals surface area (Å²) < 4.78 is 0. The lowest BCUT2D eigenvalue weighted by Crippen LogP contribution is -2.45. The number of rotatable bonds is 5. The number of nitrogens with one attached hydrogen (secondary N) is 1. The average Bonchev–Trinajstić information content (AvgIpc) is 2.62. The van der Waals surface area contributed by atoms with Gasteiger partial charge in [0.05, 0.1) is 5.25 Å². The quantitative estimate of drug-likeness (QED) is 0.793. The molecule has 0 aromatic heterocycles. The number of amides is 1. The number of halogens is 1. The van der Waals surface area contributed by atoms with Crippen molar-refractivity contribution in [2.45, 2.75) is 63.3 Å². The lowest BCUT2D eigenvalue weighted by Gasteiger charge is -2.30. The Morgan fingerprint density at radius 1 is 1.37 bits per heavy atom. The number of carbonyl (C=O) groups is 1. The SMILES string of the molecule is CCCCSC(C)C(=O)N1C2CCNCC1CC2.Cl. The van der Waals surface area contributed by atoms with Crippen molar-refractivity contribution in [3.8, 4) is 0 Å². The number of thioether (sulfide) groups is 1. The Morgan fingerprint density at radius 2 is 2.11 bits per heavy atom. The largest absolute Gasteiger partial charge is 0.334 e. The van der Waals surface area contributed by atoms with Gasteiger partial charge in [-0.3, -0.25) is 4.79 Å². The summed E-state index contributed by atoms with van der Waals surface area (Å²) in [5.41, 5.74) is 0. The number of hydrogen-bond donors (Lipinski definition) is 1. The maximum atomic E-state index is 12.6. The third-order valence-corrected chi connectivity index (χ3v) is 5.35. The fraction of sp³-hybridized carbons (Fsp3) is 0.929. The number of nitrogens with zero attached hydrogens (tertiary/aromatic N) is 1. The zero-order valence-electron chi connectivity index (χ0n) is 12.1. The minimum absolute atomic E-state index is 0. The molecule has 112 valence electrons. The van der Waals surface area contributed by atoms with E-state index < -0.39 is 0 Å². The van der Waals surface area contributed by atoms with Crippen molar-refractivity contribution in [1.29, 1.82) is 0 Å². The van der Waals surface area contributed by atoms with E-state index in [0.29, 0.717) is 18.0 Å². The van der Waals surface area contributed by atoms with Gasteiger partial charge in [-0.25, -0.2) is 0 Å². The molecule has 0 aromatic rings. The van der Waals surface area contributed by atoms with Gasteiger partial charge in [0.2, 0.25) is 5.91 Å². The third-order valence-electron chi connectivity index (χ3n) is 4.12. The highest BCUT2D eigenvalue weighted by Crippen LogP contribution is 2.30. The molecule has 0 radical (unpaired) electrons. The number of carbonyl (C=O) groups excluding carboxylic acids is 1. The molecule has 2 rings (SSSR count). The molecule has 2 aliphatic heterocycles. The van der Waals surface area contributed by atoms with E-state index in [4.69, 9.17) is 0 Å². The van der Waals surface area contributed by atoms with E-state index in [1.807, 2.05) is 11.8 Å². The predicted octanol–water partition coefficient (Wildman–Crippen LogP) is 2.68. The highest BCUT2D eigenvalue weighted by atomic mass is 35.5. The minimum atomic E-state index is 0. The van der Waals surface area contributed by atoms with Crippen LogP contribution in [0.15, 0.2) is 0 Å². The van der Waals surface area contributed by atoms with Gasteiger partial charge in [0.15, 0.2) is 0 Å². The third kappa shape index (κ3) is 4.27. The molecule has 2 fully saturated rings. The molecule has 0 saturated carbocycles. The van der Waals surface area contributed by atoms with Gasteiger partial charge >= 0.3 is 0 Å². The maximum absolute atomic E-state index is 12.6. The first-order chi connectivity index (χ1) is 8.74. The van der Waals surface area contributed by atoms with Crippen LogP contribution in [-0.2, 0) is 4.79 Å². The van der Waals surface area contributed by atoms with E-state index in [1.54, 1.807) is 0 Å². The summed E-state index contributed by atoms with van der Waals surface area (Å²) >= 11 is 1.83. The van der Waals surface area contributed by atoms with Crippen LogP contribution in [0.2, 0.25) is 0 Å². The lowest BCUT2D eigenvalue weighted by molar-refractivity contribution is -0.132. The van der Waals surface area contributed by atoms with Crippen molar-refractivity contribution in [1.82, 2.24) is 10.2 Å². The molecule has 2 saturated heterocycles. The van der Waals surface area contributed by atoms with Gasteiger partial charge < -0.3 is 10.2 Å². The fourth-order valence-electron chi connectivity index (χ4n) is 3.03. The first-order valence-electron chi connectivity index (χ1n) is 7.38. The van der Waals surface area contributed by atoms with Crippen LogP contribution in [0, 0.1) is 0 Å². The highest BCUT2D eigenvalue weighted by Gasteiger charge is 2.39. The Morgan fingerprint density at radius 3 is 2.84 bits per heavy atom. The van der Waals surface area contributed by atoms with Crippen molar-refractivity contribution < 1.29 is 4.79 Å². The van der Waals surface area contributed by atoms with E-state index in [9.17, 15) is 4.79 Å². The summed E-state index contributed by atoms with van der Waals surface area (Å²) in [7, 11) is 0. The molecule has 2 aliphatic rings. The summed E-state index contributed by atoms with van der Waals surface area (Å²) in [4.78, 5) is 14.8. The molecule has 0 aliphatic carbocycles. The van der Waals surface area contributed by atoms with E-state index in [-0.39, 0.29) is 17.7 Å².